The third-order valence-electron chi connectivity index (χ3n) is 4.44. The van der Waals surface area contributed by atoms with Crippen LogP contribution in [-0.4, -0.2) is 31.6 Å². The highest BCUT2D eigenvalue weighted by molar-refractivity contribution is 5.24. The van der Waals surface area contributed by atoms with Crippen molar-refractivity contribution in [2.45, 2.75) is 39.2 Å². The van der Waals surface area contributed by atoms with Crippen LogP contribution in [0.2, 0.25) is 0 Å². The van der Waals surface area contributed by atoms with Crippen molar-refractivity contribution < 1.29 is 0 Å². The van der Waals surface area contributed by atoms with E-state index in [9.17, 15) is 0 Å². The number of piperidine rings is 1. The predicted octanol–water partition coefficient (Wildman–Crippen LogP) is 3.38. The number of benzene rings is 1. The largest absolute Gasteiger partial charge is 0.313 e. The molecule has 1 N–H and O–H groups in total. The van der Waals surface area contributed by atoms with E-state index in [1.165, 1.54) is 50.0 Å². The lowest BCUT2D eigenvalue weighted by Crippen LogP contribution is -2.35. The van der Waals surface area contributed by atoms with E-state index in [0.29, 0.717) is 6.04 Å². The number of hydrogen-bond acceptors (Lipinski definition) is 2. The minimum Gasteiger partial charge on any atom is -0.313 e. The molecule has 0 saturated carbocycles. The lowest BCUT2D eigenvalue weighted by Gasteiger charge is -2.31. The van der Waals surface area contributed by atoms with Crippen LogP contribution in [0.25, 0.3) is 0 Å². The van der Waals surface area contributed by atoms with Gasteiger partial charge in [0.15, 0.2) is 0 Å². The van der Waals surface area contributed by atoms with Gasteiger partial charge in [0.05, 0.1) is 0 Å². The molecule has 1 aliphatic rings. The quantitative estimate of drug-likeness (QED) is 0.873. The lowest BCUT2D eigenvalue weighted by molar-refractivity contribution is 0.185. The molecule has 0 amide bonds. The Hall–Kier alpha value is -0.860. The molecule has 0 spiro atoms. The minimum atomic E-state index is 0.486. The van der Waals surface area contributed by atoms with Gasteiger partial charge in [0.2, 0.25) is 0 Å². The first-order valence-corrected chi connectivity index (χ1v) is 7.65. The zero-order valence-electron chi connectivity index (χ0n) is 12.7. The Labute approximate surface area is 118 Å². The van der Waals surface area contributed by atoms with E-state index in [0.717, 1.165) is 5.92 Å². The maximum Gasteiger partial charge on any atom is 0.0329 e. The summed E-state index contributed by atoms with van der Waals surface area (Å²) in [5, 5.41) is 3.46. The van der Waals surface area contributed by atoms with Crippen molar-refractivity contribution in [2.75, 3.05) is 26.7 Å². The van der Waals surface area contributed by atoms with Gasteiger partial charge in [-0.2, -0.15) is 0 Å². The van der Waals surface area contributed by atoms with Crippen LogP contribution in [0.1, 0.15) is 43.4 Å². The van der Waals surface area contributed by atoms with Crippen LogP contribution in [-0.2, 0) is 0 Å². The highest BCUT2D eigenvalue weighted by Gasteiger charge is 2.17. The molecule has 2 heteroatoms. The second-order valence-corrected chi connectivity index (χ2v) is 6.06. The second kappa shape index (κ2) is 7.06. The molecule has 1 saturated heterocycles. The Balaban J connectivity index is 1.84. The predicted molar refractivity (Wildman–Crippen MR) is 82.4 cm³/mol. The van der Waals surface area contributed by atoms with E-state index >= 15 is 0 Å². The maximum absolute atomic E-state index is 3.46. The zero-order valence-corrected chi connectivity index (χ0v) is 12.7. The molecule has 2 nitrogen and oxygen atoms in total. The van der Waals surface area contributed by atoms with Gasteiger partial charge in [-0.25, -0.2) is 0 Å². The van der Waals surface area contributed by atoms with Gasteiger partial charge in [-0.05, 0) is 64.3 Å². The van der Waals surface area contributed by atoms with Crippen molar-refractivity contribution in [1.82, 2.24) is 10.2 Å². The fourth-order valence-corrected chi connectivity index (χ4v) is 2.87. The van der Waals surface area contributed by atoms with Crippen LogP contribution in [0, 0.1) is 12.8 Å². The van der Waals surface area contributed by atoms with Gasteiger partial charge in [-0.15, -0.1) is 0 Å². The van der Waals surface area contributed by atoms with E-state index in [1.54, 1.807) is 0 Å². The van der Waals surface area contributed by atoms with E-state index < -0.39 is 0 Å². The summed E-state index contributed by atoms with van der Waals surface area (Å²) in [5.41, 5.74) is 2.75. The number of nitrogens with one attached hydrogen (secondary N) is 1. The third kappa shape index (κ3) is 4.32. The second-order valence-electron chi connectivity index (χ2n) is 6.06. The van der Waals surface area contributed by atoms with Gasteiger partial charge >= 0.3 is 0 Å². The van der Waals surface area contributed by atoms with Gasteiger partial charge < -0.3 is 10.2 Å². The average Bonchev–Trinajstić information content (AvgIpc) is 2.43. The van der Waals surface area contributed by atoms with Crippen LogP contribution in [0.5, 0.6) is 0 Å². The Morgan fingerprint density at radius 1 is 1.21 bits per heavy atom. The fraction of sp³-hybridized carbons (Fsp3) is 0.647. The first-order chi connectivity index (χ1) is 9.19. The molecule has 0 radical (unpaired) electrons. The maximum atomic E-state index is 3.46. The van der Waals surface area contributed by atoms with Crippen LogP contribution >= 0.6 is 0 Å². The molecule has 1 heterocycles. The molecular formula is C17H28N2. The molecule has 2 rings (SSSR count). The molecule has 1 atom stereocenters. The highest BCUT2D eigenvalue weighted by Crippen LogP contribution is 2.20. The first kappa shape index (κ1) is 14.5. The summed E-state index contributed by atoms with van der Waals surface area (Å²) < 4.78 is 0. The van der Waals surface area contributed by atoms with Gasteiger partial charge in [-0.3, -0.25) is 0 Å². The van der Waals surface area contributed by atoms with Crippen molar-refractivity contribution in [3.8, 4) is 0 Å². The molecule has 0 aromatic heterocycles. The zero-order chi connectivity index (χ0) is 13.7. The monoisotopic (exact) mass is 260 g/mol. The van der Waals surface area contributed by atoms with Crippen LogP contribution in [0.4, 0.5) is 0 Å². The fourth-order valence-electron chi connectivity index (χ4n) is 2.87. The van der Waals surface area contributed by atoms with Crippen molar-refractivity contribution in [3.63, 3.8) is 0 Å². The molecule has 0 aliphatic carbocycles. The SMILES string of the molecule is CNC(CCN1CCC(C)CC1)c1ccc(C)cc1. The standard InChI is InChI=1S/C17H28N2/c1-14-4-6-16(7-5-14)17(18-3)10-13-19-11-8-15(2)9-12-19/h4-7,15,17-18H,8-13H2,1-3H3. The van der Waals surface area contributed by atoms with Gasteiger partial charge in [0.1, 0.15) is 0 Å². The average molecular weight is 260 g/mol. The molecular weight excluding hydrogens is 232 g/mol. The van der Waals surface area contributed by atoms with Gasteiger partial charge in [0, 0.05) is 6.04 Å². The molecule has 19 heavy (non-hydrogen) atoms. The van der Waals surface area contributed by atoms with Crippen LogP contribution in [0.3, 0.4) is 0 Å². The Morgan fingerprint density at radius 3 is 2.42 bits per heavy atom. The summed E-state index contributed by atoms with van der Waals surface area (Å²) in [4.78, 5) is 2.62. The topological polar surface area (TPSA) is 15.3 Å². The molecule has 1 aliphatic heterocycles. The summed E-state index contributed by atoms with van der Waals surface area (Å²) >= 11 is 0. The summed E-state index contributed by atoms with van der Waals surface area (Å²) in [5.74, 6) is 0.924. The van der Waals surface area contributed by atoms with Crippen molar-refractivity contribution in [1.29, 1.82) is 0 Å². The van der Waals surface area contributed by atoms with E-state index in [4.69, 9.17) is 0 Å². The molecule has 106 valence electrons. The van der Waals surface area contributed by atoms with Crippen molar-refractivity contribution in [3.05, 3.63) is 35.4 Å². The summed E-state index contributed by atoms with van der Waals surface area (Å²) in [7, 11) is 2.07. The number of aryl methyl sites for hydroxylation is 1. The molecule has 1 aromatic carbocycles. The Bertz CT molecular complexity index is 363. The van der Waals surface area contributed by atoms with Crippen molar-refractivity contribution in [2.24, 2.45) is 5.92 Å². The van der Waals surface area contributed by atoms with Crippen LogP contribution < -0.4 is 5.32 Å². The number of rotatable bonds is 5. The first-order valence-electron chi connectivity index (χ1n) is 7.65. The number of hydrogen-bond donors (Lipinski definition) is 1. The summed E-state index contributed by atoms with van der Waals surface area (Å²) in [6.07, 6.45) is 3.94. The minimum absolute atomic E-state index is 0.486. The highest BCUT2D eigenvalue weighted by atomic mass is 15.1. The smallest absolute Gasteiger partial charge is 0.0329 e. The molecule has 1 unspecified atom stereocenters. The number of likely N-dealkylation sites (tertiary alicyclic amines) is 1. The molecule has 1 fully saturated rings. The van der Waals surface area contributed by atoms with Crippen molar-refractivity contribution >= 4 is 0 Å². The van der Waals surface area contributed by atoms with E-state index in [1.807, 2.05) is 0 Å². The molecule has 0 bridgehead atoms. The Morgan fingerprint density at radius 2 is 1.84 bits per heavy atom. The lowest BCUT2D eigenvalue weighted by atomic mass is 9.98. The van der Waals surface area contributed by atoms with E-state index in [2.05, 4.69) is 55.4 Å². The number of nitrogens with zero attached hydrogens (tertiary/aromatic N) is 1. The van der Waals surface area contributed by atoms with Gasteiger partial charge in [0.25, 0.3) is 0 Å². The summed E-state index contributed by atoms with van der Waals surface area (Å²) in [6, 6.07) is 9.42. The van der Waals surface area contributed by atoms with Gasteiger partial charge in [-0.1, -0.05) is 36.8 Å². The normalized spacial score (nSPS) is 19.5. The van der Waals surface area contributed by atoms with Crippen LogP contribution in [0.15, 0.2) is 24.3 Å². The molecule has 1 aromatic rings. The summed E-state index contributed by atoms with van der Waals surface area (Å²) in [6.45, 7) is 8.30. The Kier molecular flexibility index (Phi) is 5.41. The van der Waals surface area contributed by atoms with E-state index in [-0.39, 0.29) is 0 Å². The third-order valence-corrected chi connectivity index (χ3v) is 4.44.